The first-order chi connectivity index (χ1) is 31.4. The zero-order chi connectivity index (χ0) is 47.2. The summed E-state index contributed by atoms with van der Waals surface area (Å²) in [5.41, 5.74) is 9.82. The van der Waals surface area contributed by atoms with Crippen LogP contribution in [0.2, 0.25) is 0 Å². The van der Waals surface area contributed by atoms with Gasteiger partial charge in [0.25, 0.3) is 5.91 Å². The highest BCUT2D eigenvalue weighted by molar-refractivity contribution is 7.10. The molecule has 0 unspecified atom stereocenters. The lowest BCUT2D eigenvalue weighted by Gasteiger charge is -2.44. The number of aryl methyl sites for hydroxylation is 1. The largest absolute Gasteiger partial charge is 0.464 e. The number of carbonyl (C=O) groups is 5. The quantitative estimate of drug-likeness (QED) is 0.144. The average Bonchev–Trinajstić information content (AvgIpc) is 3.95. The molecule has 354 valence electrons. The van der Waals surface area contributed by atoms with Crippen LogP contribution in [0.15, 0.2) is 41.9 Å². The summed E-state index contributed by atoms with van der Waals surface area (Å²) < 4.78 is 8.48. The highest BCUT2D eigenvalue weighted by Gasteiger charge is 2.42. The summed E-state index contributed by atoms with van der Waals surface area (Å²) in [6.07, 6.45) is 3.60. The Bertz CT molecular complexity index is 2490. The summed E-state index contributed by atoms with van der Waals surface area (Å²) in [4.78, 5) is 84.1. The Morgan fingerprint density at radius 2 is 1.85 bits per heavy atom. The van der Waals surface area contributed by atoms with E-state index in [1.54, 1.807) is 23.9 Å². The molecule has 3 N–H and O–H groups in total. The summed E-state index contributed by atoms with van der Waals surface area (Å²) in [5.74, 6) is -1.20. The van der Waals surface area contributed by atoms with E-state index >= 15 is 0 Å². The number of nitrogens with one attached hydrogen (secondary N) is 3. The van der Waals surface area contributed by atoms with Gasteiger partial charge in [-0.3, -0.25) is 29.2 Å². The van der Waals surface area contributed by atoms with E-state index < -0.39 is 41.3 Å². The molecule has 16 nitrogen and oxygen atoms in total. The average molecular weight is 923 g/mol. The minimum atomic E-state index is -1.06. The van der Waals surface area contributed by atoms with Gasteiger partial charge in [-0.1, -0.05) is 47.6 Å². The van der Waals surface area contributed by atoms with Gasteiger partial charge in [-0.15, -0.1) is 11.3 Å². The molecular formula is C49H66N10O6S. The van der Waals surface area contributed by atoms with Gasteiger partial charge in [-0.05, 0) is 67.9 Å². The molecule has 4 aliphatic heterocycles. The van der Waals surface area contributed by atoms with E-state index in [1.807, 2.05) is 31.5 Å². The number of urea groups is 1. The second-order valence-corrected chi connectivity index (χ2v) is 21.0. The lowest BCUT2D eigenvalue weighted by atomic mass is 9.84. The van der Waals surface area contributed by atoms with Crippen LogP contribution in [-0.2, 0) is 43.3 Å². The summed E-state index contributed by atoms with van der Waals surface area (Å²) in [5, 5.41) is 11.3. The number of rotatable bonds is 10. The van der Waals surface area contributed by atoms with E-state index in [0.29, 0.717) is 57.0 Å². The summed E-state index contributed by atoms with van der Waals surface area (Å²) in [7, 11) is 3.41. The summed E-state index contributed by atoms with van der Waals surface area (Å²) >= 11 is 1.42. The molecular weight excluding hydrogens is 857 g/mol. The van der Waals surface area contributed by atoms with E-state index in [2.05, 4.69) is 79.5 Å². The molecule has 66 heavy (non-hydrogen) atoms. The molecule has 4 aliphatic rings. The molecule has 3 fully saturated rings. The van der Waals surface area contributed by atoms with Crippen molar-refractivity contribution in [2.24, 2.45) is 17.3 Å². The van der Waals surface area contributed by atoms with Gasteiger partial charge in [0.1, 0.15) is 18.1 Å². The molecule has 0 radical (unpaired) electrons. The molecule has 0 spiro atoms. The van der Waals surface area contributed by atoms with Crippen molar-refractivity contribution in [3.05, 3.63) is 58.2 Å². The number of hydrogen-bond donors (Lipinski definition) is 3. The number of ether oxygens (including phenoxy) is 1. The number of esters is 1. The van der Waals surface area contributed by atoms with Crippen LogP contribution < -0.4 is 16.1 Å². The molecule has 6 bridgehead atoms. The fraction of sp³-hybridized carbons (Fsp3) is 0.571. The number of carbonyl (C=O) groups excluding carboxylic acids is 5. The van der Waals surface area contributed by atoms with Crippen molar-refractivity contribution in [2.75, 3.05) is 53.4 Å². The van der Waals surface area contributed by atoms with Gasteiger partial charge in [0.15, 0.2) is 0 Å². The van der Waals surface area contributed by atoms with Crippen molar-refractivity contribution in [1.29, 1.82) is 0 Å². The smallest absolute Gasteiger partial charge is 0.324 e. The molecule has 4 atom stereocenters. The standard InChI is InChI=1S/C49H66N10O6S/c1-10-58-39-16-15-31-19-33(39)34(43(58)32-13-11-17-50-41(32)28(2)3)21-49(6,7)27-65-47(63)35-14-12-18-59(54-35)46(62)36(20-40-52-38(31)26-66-40)53-44(60)42(29(4)5)56(9)48(64)57-24-30(25-57)23-55(8)45(61)37-22-51-37/h11,13,15-17,19,26,28-30,35-37,42,51,54H,10,12,14,18,20-25,27H2,1-9H3,(H,53,60)/t35-,36-,37+,42-/m0/s1. The highest BCUT2D eigenvalue weighted by atomic mass is 32.1. The number of cyclic esters (lactones) is 1. The predicted molar refractivity (Wildman–Crippen MR) is 254 cm³/mol. The maximum Gasteiger partial charge on any atom is 0.324 e. The first kappa shape index (κ1) is 47.1. The van der Waals surface area contributed by atoms with E-state index in [-0.39, 0.29) is 48.8 Å². The Labute approximate surface area is 391 Å². The number of benzene rings is 1. The molecule has 3 aromatic heterocycles. The normalized spacial score (nSPS) is 21.6. The Morgan fingerprint density at radius 3 is 2.55 bits per heavy atom. The highest BCUT2D eigenvalue weighted by Crippen LogP contribution is 2.42. The van der Waals surface area contributed by atoms with Gasteiger partial charge >= 0.3 is 12.0 Å². The third kappa shape index (κ3) is 9.70. The lowest BCUT2D eigenvalue weighted by Crippen LogP contribution is -2.63. The van der Waals surface area contributed by atoms with Gasteiger partial charge < -0.3 is 34.6 Å². The van der Waals surface area contributed by atoms with Gasteiger partial charge in [0.2, 0.25) is 11.8 Å². The molecule has 7 heterocycles. The number of hydrazine groups is 1. The number of likely N-dealkylation sites (tertiary alicyclic amines) is 1. The number of amides is 5. The van der Waals surface area contributed by atoms with E-state index in [0.717, 1.165) is 51.2 Å². The molecule has 5 amide bonds. The van der Waals surface area contributed by atoms with Gasteiger partial charge in [-0.25, -0.2) is 15.2 Å². The Kier molecular flexibility index (Phi) is 13.6. The van der Waals surface area contributed by atoms with Gasteiger partial charge in [0, 0.05) is 105 Å². The van der Waals surface area contributed by atoms with Crippen molar-refractivity contribution in [3.63, 3.8) is 0 Å². The molecule has 1 aromatic carbocycles. The molecule has 4 aromatic rings. The number of fused-ring (bicyclic) bond motifs is 6. The monoisotopic (exact) mass is 922 g/mol. The van der Waals surface area contributed by atoms with Crippen LogP contribution in [0.25, 0.3) is 33.4 Å². The summed E-state index contributed by atoms with van der Waals surface area (Å²) in [6, 6.07) is 7.47. The Balaban J connectivity index is 1.10. The Hall–Kier alpha value is -5.39. The number of aromatic nitrogens is 3. The zero-order valence-electron chi connectivity index (χ0n) is 39.8. The van der Waals surface area contributed by atoms with Crippen LogP contribution in [0.3, 0.4) is 0 Å². The fourth-order valence-corrected chi connectivity index (χ4v) is 10.8. The first-order valence-electron chi connectivity index (χ1n) is 23.5. The van der Waals surface area contributed by atoms with Crippen molar-refractivity contribution in [3.8, 4) is 22.5 Å². The predicted octanol–water partition coefficient (Wildman–Crippen LogP) is 5.06. The van der Waals surface area contributed by atoms with Crippen molar-refractivity contribution >= 4 is 52.0 Å². The SMILES string of the molecule is CCn1c(-c2cccnc2C(C)C)c2c3cc(ccc31)-c1csc(n1)C[C@H](NC(=O)[C@H](C(C)C)N(C)C(=O)N1CC(CN(C)C(=O)[C@H]3CN3)C1)C(=O)N1CCC[C@H](N1)C(=O)OCC(C)(C)C2. The van der Waals surface area contributed by atoms with Crippen molar-refractivity contribution < 1.29 is 28.7 Å². The maximum absolute atomic E-state index is 14.6. The van der Waals surface area contributed by atoms with Crippen molar-refractivity contribution in [1.82, 2.24) is 50.3 Å². The fourth-order valence-electron chi connectivity index (χ4n) is 9.93. The number of thiazole rings is 1. The molecule has 0 saturated carbocycles. The van der Waals surface area contributed by atoms with Crippen LogP contribution in [0.5, 0.6) is 0 Å². The van der Waals surface area contributed by atoms with Crippen LogP contribution >= 0.6 is 11.3 Å². The minimum Gasteiger partial charge on any atom is -0.464 e. The number of pyridine rings is 1. The Morgan fingerprint density at radius 1 is 1.09 bits per heavy atom. The second kappa shape index (κ2) is 19.1. The van der Waals surface area contributed by atoms with Gasteiger partial charge in [-0.2, -0.15) is 0 Å². The molecule has 3 saturated heterocycles. The van der Waals surface area contributed by atoms with Crippen LogP contribution in [0.1, 0.15) is 83.5 Å². The number of likely N-dealkylation sites (N-methyl/N-ethyl adjacent to an activating group) is 2. The molecule has 0 aliphatic carbocycles. The summed E-state index contributed by atoms with van der Waals surface area (Å²) in [6.45, 7) is 17.9. The topological polar surface area (TPSA) is 184 Å². The van der Waals surface area contributed by atoms with E-state index in [9.17, 15) is 24.0 Å². The maximum atomic E-state index is 14.6. The minimum absolute atomic E-state index is 0.0596. The third-order valence-corrected chi connectivity index (χ3v) is 14.3. The molecule has 8 rings (SSSR count). The first-order valence-corrected chi connectivity index (χ1v) is 24.4. The molecule has 17 heteroatoms. The number of nitrogens with zero attached hydrogens (tertiary/aromatic N) is 7. The third-order valence-electron chi connectivity index (χ3n) is 13.4. The van der Waals surface area contributed by atoms with E-state index in [1.165, 1.54) is 21.2 Å². The second-order valence-electron chi connectivity index (χ2n) is 20.1. The van der Waals surface area contributed by atoms with Crippen LogP contribution in [0, 0.1) is 17.3 Å². The van der Waals surface area contributed by atoms with Crippen LogP contribution in [0.4, 0.5) is 4.79 Å². The van der Waals surface area contributed by atoms with Crippen LogP contribution in [-0.4, -0.2) is 142 Å². The van der Waals surface area contributed by atoms with Crippen molar-refractivity contribution in [2.45, 2.75) is 111 Å². The van der Waals surface area contributed by atoms with E-state index in [4.69, 9.17) is 14.7 Å². The van der Waals surface area contributed by atoms with Gasteiger partial charge in [0.05, 0.1) is 34.7 Å². The lowest BCUT2D eigenvalue weighted by molar-refractivity contribution is -0.155. The zero-order valence-corrected chi connectivity index (χ0v) is 40.7. The number of hydrogen-bond acceptors (Lipinski definition) is 11.